The number of aliphatic hydroxyl groups is 1. The molecule has 0 fully saturated rings. The average molecular weight is 485 g/mol. The lowest BCUT2D eigenvalue weighted by Crippen LogP contribution is -2.44. The van der Waals surface area contributed by atoms with Crippen molar-refractivity contribution in [1.82, 2.24) is 9.55 Å². The molecule has 0 saturated carbocycles. The lowest BCUT2D eigenvalue weighted by molar-refractivity contribution is -0.172. The predicted octanol–water partition coefficient (Wildman–Crippen LogP) is 1.31. The first kappa shape index (κ1) is 21.4. The zero-order chi connectivity index (χ0) is 24.3. The van der Waals surface area contributed by atoms with Crippen molar-refractivity contribution in [2.75, 3.05) is 5.75 Å². The summed E-state index contributed by atoms with van der Waals surface area (Å²) in [5.74, 6) is -1.93. The molecule has 0 spiro atoms. The molecule has 3 N–H and O–H groups in total. The number of nitrogens with two attached hydrogens (primary N) is 1. The van der Waals surface area contributed by atoms with Crippen molar-refractivity contribution in [1.29, 1.82) is 0 Å². The summed E-state index contributed by atoms with van der Waals surface area (Å²) >= 11 is 0. The molecule has 34 heavy (non-hydrogen) atoms. The number of halogens is 1. The highest BCUT2D eigenvalue weighted by molar-refractivity contribution is 7.91. The molecule has 1 unspecified atom stereocenters. The van der Waals surface area contributed by atoms with Crippen molar-refractivity contribution >= 4 is 26.7 Å². The first-order valence-electron chi connectivity index (χ1n) is 10.8. The van der Waals surface area contributed by atoms with E-state index in [0.717, 1.165) is 0 Å². The van der Waals surface area contributed by atoms with Crippen LogP contribution in [0.25, 0.3) is 22.3 Å². The molecule has 0 aliphatic carbocycles. The van der Waals surface area contributed by atoms with Crippen LogP contribution in [0.5, 0.6) is 0 Å². The number of aromatic nitrogens is 2. The SMILES string of the molecule is CC[C@@]1(O)C(=O)OCc2c1cc1n(c2=O)Cc2c-1nc1cc(F)c(C)c3c1c2C(N)CS3(=O)=O. The Morgan fingerprint density at radius 2 is 2.06 bits per heavy atom. The van der Waals surface area contributed by atoms with Crippen molar-refractivity contribution in [2.45, 2.75) is 50.0 Å². The van der Waals surface area contributed by atoms with Gasteiger partial charge in [-0.15, -0.1) is 0 Å². The van der Waals surface area contributed by atoms with Gasteiger partial charge in [0.15, 0.2) is 15.4 Å². The molecule has 6 rings (SSSR count). The van der Waals surface area contributed by atoms with E-state index in [-0.39, 0.29) is 52.1 Å². The molecule has 0 radical (unpaired) electrons. The molecular weight excluding hydrogens is 465 g/mol. The molecule has 9 nitrogen and oxygen atoms in total. The summed E-state index contributed by atoms with van der Waals surface area (Å²) in [4.78, 5) is 30.2. The van der Waals surface area contributed by atoms with E-state index in [1.165, 1.54) is 17.6 Å². The Morgan fingerprint density at radius 3 is 2.76 bits per heavy atom. The Morgan fingerprint density at radius 1 is 1.32 bits per heavy atom. The first-order chi connectivity index (χ1) is 16.0. The Kier molecular flexibility index (Phi) is 4.09. The molecule has 176 valence electrons. The maximum atomic E-state index is 14.7. The minimum absolute atomic E-state index is 0.00155. The number of rotatable bonds is 1. The average Bonchev–Trinajstić information content (AvgIpc) is 3.13. The summed E-state index contributed by atoms with van der Waals surface area (Å²) in [6, 6.07) is 1.83. The van der Waals surface area contributed by atoms with Gasteiger partial charge >= 0.3 is 5.97 Å². The topological polar surface area (TPSA) is 142 Å². The number of nitrogens with zero attached hydrogens (tertiary/aromatic N) is 2. The van der Waals surface area contributed by atoms with Gasteiger partial charge in [-0.05, 0) is 25.0 Å². The second-order valence-corrected chi connectivity index (χ2v) is 11.0. The standard InChI is InChI=1S/C23H20FN3O6S/c1-3-23(30)12-4-16-19-10(6-27(16)21(28)11(12)7-33-22(23)29)17-14(25)8-34(31,32)20-9(2)13(24)5-15(26-19)18(17)20/h4-5,14,30H,3,6-8,25H2,1-2H3/t14?,23-/m0/s1. The zero-order valence-electron chi connectivity index (χ0n) is 18.3. The van der Waals surface area contributed by atoms with Crippen LogP contribution >= 0.6 is 0 Å². The van der Waals surface area contributed by atoms with Gasteiger partial charge in [-0.25, -0.2) is 22.6 Å². The number of sulfone groups is 1. The number of pyridine rings is 2. The summed E-state index contributed by atoms with van der Waals surface area (Å²) in [5, 5.41) is 11.3. The monoisotopic (exact) mass is 485 g/mol. The van der Waals surface area contributed by atoms with Crippen LogP contribution in [0.4, 0.5) is 4.39 Å². The van der Waals surface area contributed by atoms with E-state index in [1.807, 2.05) is 0 Å². The number of esters is 1. The number of carbonyl (C=O) groups is 1. The van der Waals surface area contributed by atoms with Crippen LogP contribution in [0.3, 0.4) is 0 Å². The molecule has 1 aromatic carbocycles. The molecule has 11 heteroatoms. The van der Waals surface area contributed by atoms with Crippen LogP contribution < -0.4 is 11.3 Å². The Hall–Kier alpha value is -3.15. The highest BCUT2D eigenvalue weighted by atomic mass is 32.2. The number of hydrogen-bond acceptors (Lipinski definition) is 8. The van der Waals surface area contributed by atoms with E-state index in [9.17, 15) is 27.5 Å². The van der Waals surface area contributed by atoms with Crippen molar-refractivity contribution < 1.29 is 27.4 Å². The highest BCUT2D eigenvalue weighted by Gasteiger charge is 2.46. The molecule has 5 heterocycles. The molecule has 2 aromatic heterocycles. The lowest BCUT2D eigenvalue weighted by atomic mass is 9.86. The van der Waals surface area contributed by atoms with Gasteiger partial charge in [0.05, 0.1) is 39.7 Å². The predicted molar refractivity (Wildman–Crippen MR) is 118 cm³/mol. The minimum atomic E-state index is -3.84. The van der Waals surface area contributed by atoms with Crippen LogP contribution in [0.1, 0.15) is 47.2 Å². The van der Waals surface area contributed by atoms with E-state index in [1.54, 1.807) is 13.0 Å². The van der Waals surface area contributed by atoms with Crippen LogP contribution in [-0.4, -0.2) is 34.8 Å². The number of ether oxygens (including phenoxy) is 1. The van der Waals surface area contributed by atoms with E-state index >= 15 is 0 Å². The van der Waals surface area contributed by atoms with E-state index in [2.05, 4.69) is 4.98 Å². The Balaban J connectivity index is 1.73. The normalized spacial score (nSPS) is 23.9. The summed E-state index contributed by atoms with van der Waals surface area (Å²) in [6.45, 7) is 2.83. The van der Waals surface area contributed by atoms with Crippen LogP contribution in [0.2, 0.25) is 0 Å². The molecule has 3 aliphatic heterocycles. The number of cyclic esters (lactones) is 1. The maximum absolute atomic E-state index is 14.7. The number of hydrogen-bond donors (Lipinski definition) is 2. The summed E-state index contributed by atoms with van der Waals surface area (Å²) < 4.78 is 47.1. The van der Waals surface area contributed by atoms with Crippen molar-refractivity contribution in [3.63, 3.8) is 0 Å². The molecule has 0 amide bonds. The summed E-state index contributed by atoms with van der Waals surface area (Å²) in [7, 11) is -3.84. The first-order valence-corrected chi connectivity index (χ1v) is 12.5. The fourth-order valence-electron chi connectivity index (χ4n) is 5.51. The van der Waals surface area contributed by atoms with E-state index in [0.29, 0.717) is 22.5 Å². The quantitative estimate of drug-likeness (QED) is 0.385. The third-order valence-corrected chi connectivity index (χ3v) is 9.17. The molecule has 3 aromatic rings. The fourth-order valence-corrected chi connectivity index (χ4v) is 7.41. The van der Waals surface area contributed by atoms with Gasteiger partial charge in [0.1, 0.15) is 12.4 Å². The van der Waals surface area contributed by atoms with Gasteiger partial charge in [0.2, 0.25) is 0 Å². The second kappa shape index (κ2) is 6.49. The van der Waals surface area contributed by atoms with Gasteiger partial charge in [-0.2, -0.15) is 0 Å². The van der Waals surface area contributed by atoms with Gasteiger partial charge < -0.3 is 20.1 Å². The zero-order valence-corrected chi connectivity index (χ0v) is 19.1. The van der Waals surface area contributed by atoms with Gasteiger partial charge in [0, 0.05) is 34.2 Å². The van der Waals surface area contributed by atoms with Gasteiger partial charge in [-0.3, -0.25) is 4.79 Å². The highest BCUT2D eigenvalue weighted by Crippen LogP contribution is 2.46. The molecule has 2 atom stereocenters. The molecule has 3 aliphatic rings. The van der Waals surface area contributed by atoms with Gasteiger partial charge in [0.25, 0.3) is 5.56 Å². The van der Waals surface area contributed by atoms with Gasteiger partial charge in [-0.1, -0.05) is 6.92 Å². The third-order valence-electron chi connectivity index (χ3n) is 7.24. The molecule has 0 saturated heterocycles. The van der Waals surface area contributed by atoms with E-state index < -0.39 is 44.6 Å². The third kappa shape index (κ3) is 2.44. The van der Waals surface area contributed by atoms with Crippen molar-refractivity contribution in [3.05, 3.63) is 56.1 Å². The maximum Gasteiger partial charge on any atom is 0.343 e. The smallest absolute Gasteiger partial charge is 0.343 e. The second-order valence-electron chi connectivity index (χ2n) is 9.05. The summed E-state index contributed by atoms with van der Waals surface area (Å²) in [5.41, 5.74) is 6.17. The lowest BCUT2D eigenvalue weighted by Gasteiger charge is -2.31. The Bertz CT molecular complexity index is 1660. The number of fused-ring (bicyclic) bond motifs is 5. The Labute approximate surface area is 192 Å². The van der Waals surface area contributed by atoms with Crippen molar-refractivity contribution in [3.8, 4) is 11.4 Å². The van der Waals surface area contributed by atoms with Crippen LogP contribution in [0, 0.1) is 12.7 Å². The summed E-state index contributed by atoms with van der Waals surface area (Å²) in [6.07, 6.45) is 0.00155. The minimum Gasteiger partial charge on any atom is -0.458 e. The van der Waals surface area contributed by atoms with Crippen LogP contribution in [-0.2, 0) is 38.1 Å². The van der Waals surface area contributed by atoms with Crippen molar-refractivity contribution in [2.24, 2.45) is 5.73 Å². The molecular formula is C23H20FN3O6S. The fraction of sp³-hybridized carbons (Fsp3) is 0.348. The largest absolute Gasteiger partial charge is 0.458 e. The molecule has 0 bridgehead atoms. The number of carbonyl (C=O) groups excluding carboxylic acids is 1. The van der Waals surface area contributed by atoms with Crippen LogP contribution in [0.15, 0.2) is 21.8 Å². The van der Waals surface area contributed by atoms with E-state index in [4.69, 9.17) is 10.5 Å². The number of benzene rings is 1.